The van der Waals surface area contributed by atoms with Crippen molar-refractivity contribution in [1.82, 2.24) is 20.3 Å². The molecule has 2 aliphatic rings. The molecule has 1 aliphatic carbocycles. The van der Waals surface area contributed by atoms with Gasteiger partial charge in [0.1, 0.15) is 18.1 Å². The second-order valence-electron chi connectivity index (χ2n) is 11.9. The van der Waals surface area contributed by atoms with E-state index in [4.69, 9.17) is 0 Å². The Labute approximate surface area is 237 Å². The SMILES string of the molecule is CC[C@@H](C)[C@@H]1C(=O)N[C@H](C2Cc3ccccc3C2)C(=O)N1[C@@H](C(=O)NC(C)(C)C)c1ccc(S(=O)(=O)NC)cc1. The maximum atomic E-state index is 14.4. The summed E-state index contributed by atoms with van der Waals surface area (Å²) in [5.74, 6) is -1.37. The van der Waals surface area contributed by atoms with E-state index in [2.05, 4.69) is 15.4 Å². The van der Waals surface area contributed by atoms with Crippen LogP contribution in [0.25, 0.3) is 0 Å². The topological polar surface area (TPSA) is 125 Å². The summed E-state index contributed by atoms with van der Waals surface area (Å²) in [6.45, 7) is 9.39. The van der Waals surface area contributed by atoms with Gasteiger partial charge in [-0.25, -0.2) is 13.1 Å². The predicted octanol–water partition coefficient (Wildman–Crippen LogP) is 2.71. The minimum Gasteiger partial charge on any atom is -0.349 e. The van der Waals surface area contributed by atoms with Gasteiger partial charge in [0.25, 0.3) is 0 Å². The second-order valence-corrected chi connectivity index (χ2v) is 13.8. The summed E-state index contributed by atoms with van der Waals surface area (Å²) < 4.78 is 27.0. The van der Waals surface area contributed by atoms with E-state index in [1.165, 1.54) is 24.1 Å². The van der Waals surface area contributed by atoms with Crippen LogP contribution in [0.2, 0.25) is 0 Å². The van der Waals surface area contributed by atoms with Crippen LogP contribution in [0.5, 0.6) is 0 Å². The first-order valence-corrected chi connectivity index (χ1v) is 15.3. The number of hydrogen-bond donors (Lipinski definition) is 3. The van der Waals surface area contributed by atoms with Crippen molar-refractivity contribution in [3.63, 3.8) is 0 Å². The van der Waals surface area contributed by atoms with Crippen molar-refractivity contribution in [3.05, 3.63) is 65.2 Å². The highest BCUT2D eigenvalue weighted by molar-refractivity contribution is 7.89. The van der Waals surface area contributed by atoms with Crippen LogP contribution < -0.4 is 15.4 Å². The molecule has 4 atom stereocenters. The minimum atomic E-state index is -3.70. The molecule has 0 saturated carbocycles. The number of piperazine rings is 1. The summed E-state index contributed by atoms with van der Waals surface area (Å²) in [4.78, 5) is 43.6. The van der Waals surface area contributed by atoms with Crippen LogP contribution in [0.1, 0.15) is 63.8 Å². The van der Waals surface area contributed by atoms with Crippen molar-refractivity contribution >= 4 is 27.7 Å². The van der Waals surface area contributed by atoms with Gasteiger partial charge in [0.15, 0.2) is 0 Å². The quantitative estimate of drug-likeness (QED) is 0.452. The number of hydrogen-bond acceptors (Lipinski definition) is 5. The summed E-state index contributed by atoms with van der Waals surface area (Å²) in [6.07, 6.45) is 1.93. The van der Waals surface area contributed by atoms with Crippen LogP contribution in [0, 0.1) is 11.8 Å². The smallest absolute Gasteiger partial charge is 0.247 e. The van der Waals surface area contributed by atoms with Crippen molar-refractivity contribution in [1.29, 1.82) is 0 Å². The lowest BCUT2D eigenvalue weighted by Gasteiger charge is -2.46. The maximum Gasteiger partial charge on any atom is 0.247 e. The van der Waals surface area contributed by atoms with Gasteiger partial charge >= 0.3 is 0 Å². The van der Waals surface area contributed by atoms with E-state index < -0.39 is 39.6 Å². The molecular weight excluding hydrogens is 528 g/mol. The van der Waals surface area contributed by atoms with Crippen LogP contribution in [0.4, 0.5) is 0 Å². The molecule has 2 aromatic carbocycles. The van der Waals surface area contributed by atoms with Gasteiger partial charge in [0, 0.05) is 5.54 Å². The van der Waals surface area contributed by atoms with Crippen LogP contribution >= 0.6 is 0 Å². The lowest BCUT2D eigenvalue weighted by molar-refractivity contribution is -0.159. The molecule has 1 aliphatic heterocycles. The third-order valence-electron chi connectivity index (χ3n) is 7.92. The van der Waals surface area contributed by atoms with Crippen LogP contribution in [0.3, 0.4) is 0 Å². The number of amides is 3. The molecule has 10 heteroatoms. The molecule has 1 saturated heterocycles. The number of nitrogens with one attached hydrogen (secondary N) is 3. The molecule has 4 rings (SSSR count). The number of benzene rings is 2. The molecule has 9 nitrogen and oxygen atoms in total. The predicted molar refractivity (Wildman–Crippen MR) is 153 cm³/mol. The zero-order chi connectivity index (χ0) is 29.4. The average Bonchev–Trinajstić information content (AvgIpc) is 3.33. The van der Waals surface area contributed by atoms with E-state index in [-0.39, 0.29) is 28.5 Å². The van der Waals surface area contributed by atoms with E-state index >= 15 is 0 Å². The Morgan fingerprint density at radius 3 is 2.12 bits per heavy atom. The summed E-state index contributed by atoms with van der Waals surface area (Å²) in [7, 11) is -2.38. The molecule has 0 bridgehead atoms. The van der Waals surface area contributed by atoms with Gasteiger partial charge in [-0.05, 0) is 81.3 Å². The number of nitrogens with zero attached hydrogens (tertiary/aromatic N) is 1. The molecule has 3 amide bonds. The lowest BCUT2D eigenvalue weighted by Crippen LogP contribution is -2.68. The van der Waals surface area contributed by atoms with Crippen molar-refractivity contribution in [3.8, 4) is 0 Å². The fraction of sp³-hybridized carbons (Fsp3) is 0.500. The van der Waals surface area contributed by atoms with Gasteiger partial charge < -0.3 is 15.5 Å². The summed E-state index contributed by atoms with van der Waals surface area (Å²) in [5.41, 5.74) is 2.15. The number of fused-ring (bicyclic) bond motifs is 1. The van der Waals surface area contributed by atoms with Gasteiger partial charge in [0.05, 0.1) is 4.90 Å². The zero-order valence-corrected chi connectivity index (χ0v) is 24.8. The Hall–Kier alpha value is -3.24. The van der Waals surface area contributed by atoms with E-state index in [1.54, 1.807) is 12.1 Å². The number of carbonyl (C=O) groups excluding carboxylic acids is 3. The summed E-state index contributed by atoms with van der Waals surface area (Å²) in [5, 5.41) is 6.01. The highest BCUT2D eigenvalue weighted by Crippen LogP contribution is 2.36. The van der Waals surface area contributed by atoms with Crippen LogP contribution in [-0.4, -0.2) is 55.7 Å². The van der Waals surface area contributed by atoms with E-state index in [1.807, 2.05) is 58.9 Å². The molecule has 0 unspecified atom stereocenters. The van der Waals surface area contributed by atoms with Gasteiger partial charge in [-0.15, -0.1) is 0 Å². The molecule has 0 aromatic heterocycles. The Morgan fingerprint density at radius 2 is 1.62 bits per heavy atom. The lowest BCUT2D eigenvalue weighted by atomic mass is 9.85. The van der Waals surface area contributed by atoms with E-state index in [9.17, 15) is 22.8 Å². The average molecular weight is 569 g/mol. The second kappa shape index (κ2) is 11.3. The largest absolute Gasteiger partial charge is 0.349 e. The first-order chi connectivity index (χ1) is 18.8. The molecule has 0 spiro atoms. The third kappa shape index (κ3) is 5.93. The number of rotatable bonds is 8. The zero-order valence-electron chi connectivity index (χ0n) is 24.0. The molecular formula is C30H40N4O5S. The van der Waals surface area contributed by atoms with Crippen molar-refractivity contribution in [2.24, 2.45) is 11.8 Å². The van der Waals surface area contributed by atoms with Gasteiger partial charge in [-0.2, -0.15) is 0 Å². The fourth-order valence-electron chi connectivity index (χ4n) is 5.74. The van der Waals surface area contributed by atoms with E-state index in [0.29, 0.717) is 24.8 Å². The Kier molecular flexibility index (Phi) is 8.42. The maximum absolute atomic E-state index is 14.4. The standard InChI is InChI=1S/C30H40N4O5S/c1-7-18(2)25-27(35)32-24(22-16-20-10-8-9-11-21(20)17-22)29(37)34(25)26(28(36)33-30(3,4)5)19-12-14-23(15-13-19)40(38,39)31-6/h8-15,18,22,24-26,31H,7,16-17H2,1-6H3,(H,32,35)(H,33,36)/t18-,24-,25-,26-/m1/s1. The monoisotopic (exact) mass is 568 g/mol. The summed E-state index contributed by atoms with van der Waals surface area (Å²) in [6, 6.07) is 11.2. The normalized spacial score (nSPS) is 21.5. The van der Waals surface area contributed by atoms with Crippen LogP contribution in [-0.2, 0) is 37.2 Å². The van der Waals surface area contributed by atoms with Crippen LogP contribution in [0.15, 0.2) is 53.4 Å². The molecule has 0 radical (unpaired) electrons. The Bertz CT molecular complexity index is 1360. The van der Waals surface area contributed by atoms with Crippen molar-refractivity contribution in [2.45, 2.75) is 82.4 Å². The van der Waals surface area contributed by atoms with Crippen molar-refractivity contribution in [2.75, 3.05) is 7.05 Å². The van der Waals surface area contributed by atoms with Crippen molar-refractivity contribution < 1.29 is 22.8 Å². The Morgan fingerprint density at radius 1 is 1.05 bits per heavy atom. The van der Waals surface area contributed by atoms with E-state index in [0.717, 1.165) is 11.1 Å². The molecule has 3 N–H and O–H groups in total. The van der Waals surface area contributed by atoms with Gasteiger partial charge in [-0.1, -0.05) is 56.7 Å². The first-order valence-electron chi connectivity index (χ1n) is 13.8. The molecule has 2 aromatic rings. The number of carbonyl (C=O) groups is 3. The Balaban J connectivity index is 1.80. The molecule has 40 heavy (non-hydrogen) atoms. The highest BCUT2D eigenvalue weighted by atomic mass is 32.2. The molecule has 1 heterocycles. The summed E-state index contributed by atoms with van der Waals surface area (Å²) >= 11 is 0. The highest BCUT2D eigenvalue weighted by Gasteiger charge is 2.50. The van der Waals surface area contributed by atoms with Gasteiger partial charge in [-0.3, -0.25) is 14.4 Å². The first kappa shape index (κ1) is 29.7. The third-order valence-corrected chi connectivity index (χ3v) is 9.35. The fourth-order valence-corrected chi connectivity index (χ4v) is 6.47. The molecule has 216 valence electrons. The minimum absolute atomic E-state index is 0.0384. The molecule has 1 fully saturated rings. The number of sulfonamides is 1. The van der Waals surface area contributed by atoms with Gasteiger partial charge in [0.2, 0.25) is 27.7 Å².